The van der Waals surface area contributed by atoms with E-state index in [1.165, 1.54) is 12.8 Å². The smallest absolute Gasteiger partial charge is 0.310 e. The minimum atomic E-state index is -0.965. The van der Waals surface area contributed by atoms with Gasteiger partial charge in [-0.15, -0.1) is 0 Å². The fourth-order valence-corrected chi connectivity index (χ4v) is 2.99. The van der Waals surface area contributed by atoms with Gasteiger partial charge in [-0.3, -0.25) is 9.59 Å². The molecule has 140 valence electrons. The van der Waals surface area contributed by atoms with Gasteiger partial charge in [0, 0.05) is 0 Å². The molecule has 2 unspecified atom stereocenters. The van der Waals surface area contributed by atoms with Crippen LogP contribution in [-0.2, 0) is 20.7 Å². The molecule has 0 aliphatic rings. The molecule has 2 atom stereocenters. The largest absolute Gasteiger partial charge is 0.481 e. The summed E-state index contributed by atoms with van der Waals surface area (Å²) in [5, 5.41) is 9.14. The number of ether oxygens (including phenoxy) is 1. The van der Waals surface area contributed by atoms with E-state index in [0.717, 1.165) is 37.7 Å². The molecular weight excluding hydrogens is 316 g/mol. The van der Waals surface area contributed by atoms with Gasteiger partial charge in [-0.1, -0.05) is 69.9 Å². The highest BCUT2D eigenvalue weighted by Gasteiger charge is 2.26. The van der Waals surface area contributed by atoms with E-state index >= 15 is 0 Å². The number of hydrogen-bond acceptors (Lipinski definition) is 3. The van der Waals surface area contributed by atoms with E-state index in [2.05, 4.69) is 13.8 Å². The lowest BCUT2D eigenvalue weighted by molar-refractivity contribution is -0.158. The molecule has 1 aromatic rings. The molecule has 0 saturated heterocycles. The predicted molar refractivity (Wildman–Crippen MR) is 99.4 cm³/mol. The SMILES string of the molecule is CCCCCCC(CCC)OC(=O)C(CC(=O)O)Cc1ccccc1. The van der Waals surface area contributed by atoms with Crippen LogP contribution in [0.15, 0.2) is 30.3 Å². The normalized spacial score (nSPS) is 13.2. The van der Waals surface area contributed by atoms with Crippen LogP contribution in [0.2, 0.25) is 0 Å². The third-order valence-corrected chi connectivity index (χ3v) is 4.35. The Morgan fingerprint density at radius 3 is 2.32 bits per heavy atom. The lowest BCUT2D eigenvalue weighted by Crippen LogP contribution is -2.27. The van der Waals surface area contributed by atoms with Crippen LogP contribution in [-0.4, -0.2) is 23.1 Å². The molecule has 0 radical (unpaired) electrons. The highest BCUT2D eigenvalue weighted by Crippen LogP contribution is 2.19. The Labute approximate surface area is 151 Å². The number of unbranched alkanes of at least 4 members (excludes halogenated alkanes) is 3. The first-order valence-corrected chi connectivity index (χ1v) is 9.53. The number of carbonyl (C=O) groups excluding carboxylic acids is 1. The van der Waals surface area contributed by atoms with Crippen molar-refractivity contribution in [3.05, 3.63) is 35.9 Å². The van der Waals surface area contributed by atoms with Gasteiger partial charge in [0.15, 0.2) is 0 Å². The molecular formula is C21H32O4. The minimum Gasteiger partial charge on any atom is -0.481 e. The number of carbonyl (C=O) groups is 2. The van der Waals surface area contributed by atoms with Crippen molar-refractivity contribution in [3.63, 3.8) is 0 Å². The molecule has 4 heteroatoms. The molecule has 0 aromatic heterocycles. The van der Waals surface area contributed by atoms with Crippen LogP contribution >= 0.6 is 0 Å². The highest BCUT2D eigenvalue weighted by molar-refractivity contribution is 5.79. The average Bonchev–Trinajstić information content (AvgIpc) is 2.58. The Morgan fingerprint density at radius 2 is 1.72 bits per heavy atom. The van der Waals surface area contributed by atoms with Crippen LogP contribution in [0.25, 0.3) is 0 Å². The Kier molecular flexibility index (Phi) is 10.6. The summed E-state index contributed by atoms with van der Waals surface area (Å²) in [5.74, 6) is -1.97. The van der Waals surface area contributed by atoms with E-state index in [0.29, 0.717) is 6.42 Å². The van der Waals surface area contributed by atoms with Crippen LogP contribution in [0.4, 0.5) is 0 Å². The predicted octanol–water partition coefficient (Wildman–Crippen LogP) is 5.00. The van der Waals surface area contributed by atoms with Crippen molar-refractivity contribution in [2.24, 2.45) is 5.92 Å². The summed E-state index contributed by atoms with van der Waals surface area (Å²) in [7, 11) is 0. The van der Waals surface area contributed by atoms with Gasteiger partial charge in [-0.05, 0) is 31.2 Å². The zero-order chi connectivity index (χ0) is 18.5. The molecule has 25 heavy (non-hydrogen) atoms. The zero-order valence-electron chi connectivity index (χ0n) is 15.6. The van der Waals surface area contributed by atoms with E-state index in [1.54, 1.807) is 0 Å². The number of esters is 1. The Morgan fingerprint density at radius 1 is 1.00 bits per heavy atom. The molecule has 0 aliphatic heterocycles. The Hall–Kier alpha value is -1.84. The lowest BCUT2D eigenvalue weighted by Gasteiger charge is -2.21. The number of hydrogen-bond donors (Lipinski definition) is 1. The maximum absolute atomic E-state index is 12.6. The summed E-state index contributed by atoms with van der Waals surface area (Å²) >= 11 is 0. The fraction of sp³-hybridized carbons (Fsp3) is 0.619. The van der Waals surface area contributed by atoms with E-state index in [4.69, 9.17) is 9.84 Å². The Balaban J connectivity index is 2.65. The summed E-state index contributed by atoms with van der Waals surface area (Å²) in [6, 6.07) is 9.52. The molecule has 0 spiro atoms. The number of carboxylic acids is 1. The number of aliphatic carboxylic acids is 1. The van der Waals surface area contributed by atoms with Gasteiger partial charge in [0.05, 0.1) is 12.3 Å². The number of benzene rings is 1. The fourth-order valence-electron chi connectivity index (χ4n) is 2.99. The average molecular weight is 348 g/mol. The molecule has 1 N–H and O–H groups in total. The quantitative estimate of drug-likeness (QED) is 0.402. The Bertz CT molecular complexity index is 498. The van der Waals surface area contributed by atoms with Gasteiger partial charge in [-0.2, -0.15) is 0 Å². The van der Waals surface area contributed by atoms with E-state index < -0.39 is 11.9 Å². The lowest BCUT2D eigenvalue weighted by atomic mass is 9.96. The third kappa shape index (κ3) is 9.28. The van der Waals surface area contributed by atoms with Crippen molar-refractivity contribution in [3.8, 4) is 0 Å². The number of carboxylic acid groups (broad SMARTS) is 1. The molecule has 0 fully saturated rings. The summed E-state index contributed by atoms with van der Waals surface area (Å²) in [6.07, 6.45) is 7.34. The van der Waals surface area contributed by atoms with Crippen molar-refractivity contribution in [1.82, 2.24) is 0 Å². The maximum atomic E-state index is 12.6. The second kappa shape index (κ2) is 12.5. The second-order valence-electron chi connectivity index (χ2n) is 6.68. The van der Waals surface area contributed by atoms with Gasteiger partial charge < -0.3 is 9.84 Å². The highest BCUT2D eigenvalue weighted by atomic mass is 16.5. The molecule has 4 nitrogen and oxygen atoms in total. The third-order valence-electron chi connectivity index (χ3n) is 4.35. The van der Waals surface area contributed by atoms with Crippen LogP contribution < -0.4 is 0 Å². The monoisotopic (exact) mass is 348 g/mol. The molecule has 0 amide bonds. The molecule has 1 rings (SSSR count). The molecule has 0 saturated carbocycles. The summed E-state index contributed by atoms with van der Waals surface area (Å²) in [5.41, 5.74) is 0.959. The summed E-state index contributed by atoms with van der Waals surface area (Å²) in [6.45, 7) is 4.25. The topological polar surface area (TPSA) is 63.6 Å². The molecule has 0 bridgehead atoms. The first-order valence-electron chi connectivity index (χ1n) is 9.53. The van der Waals surface area contributed by atoms with Crippen molar-refractivity contribution >= 4 is 11.9 Å². The van der Waals surface area contributed by atoms with E-state index in [9.17, 15) is 9.59 Å². The van der Waals surface area contributed by atoms with Gasteiger partial charge in [0.2, 0.25) is 0 Å². The van der Waals surface area contributed by atoms with Crippen LogP contribution in [0.5, 0.6) is 0 Å². The second-order valence-corrected chi connectivity index (χ2v) is 6.68. The first kappa shape index (κ1) is 21.2. The van der Waals surface area contributed by atoms with Crippen LogP contribution in [0, 0.1) is 5.92 Å². The van der Waals surface area contributed by atoms with Gasteiger partial charge in [-0.25, -0.2) is 0 Å². The van der Waals surface area contributed by atoms with Crippen LogP contribution in [0.1, 0.15) is 70.8 Å². The summed E-state index contributed by atoms with van der Waals surface area (Å²) in [4.78, 5) is 23.7. The minimum absolute atomic E-state index is 0.0959. The van der Waals surface area contributed by atoms with Crippen LogP contribution in [0.3, 0.4) is 0 Å². The van der Waals surface area contributed by atoms with Crippen molar-refractivity contribution in [2.75, 3.05) is 0 Å². The molecule has 0 aliphatic carbocycles. The first-order chi connectivity index (χ1) is 12.1. The van der Waals surface area contributed by atoms with E-state index in [-0.39, 0.29) is 18.5 Å². The van der Waals surface area contributed by atoms with E-state index in [1.807, 2.05) is 30.3 Å². The van der Waals surface area contributed by atoms with Gasteiger partial charge in [0.1, 0.15) is 6.10 Å². The summed E-state index contributed by atoms with van der Waals surface area (Å²) < 4.78 is 5.70. The van der Waals surface area contributed by atoms with Crippen molar-refractivity contribution in [2.45, 2.75) is 77.7 Å². The number of rotatable bonds is 13. The van der Waals surface area contributed by atoms with Gasteiger partial charge >= 0.3 is 11.9 Å². The van der Waals surface area contributed by atoms with Crippen molar-refractivity contribution < 1.29 is 19.4 Å². The molecule has 0 heterocycles. The zero-order valence-corrected chi connectivity index (χ0v) is 15.6. The van der Waals surface area contributed by atoms with Gasteiger partial charge in [0.25, 0.3) is 0 Å². The maximum Gasteiger partial charge on any atom is 0.310 e. The standard InChI is InChI=1S/C21H32O4/c1-3-5-6-10-14-19(11-4-2)25-21(24)18(16-20(22)23)15-17-12-8-7-9-13-17/h7-9,12-13,18-19H,3-6,10-11,14-16H2,1-2H3,(H,22,23). The van der Waals surface area contributed by atoms with Crippen molar-refractivity contribution in [1.29, 1.82) is 0 Å². The molecule has 1 aromatic carbocycles.